The molecule has 0 fully saturated rings. The first-order valence-electron chi connectivity index (χ1n) is 7.08. The van der Waals surface area contributed by atoms with Crippen LogP contribution in [-0.2, 0) is 9.59 Å². The van der Waals surface area contributed by atoms with Gasteiger partial charge in [0.05, 0.1) is 4.83 Å². The van der Waals surface area contributed by atoms with E-state index in [-0.39, 0.29) is 29.1 Å². The van der Waals surface area contributed by atoms with Crippen molar-refractivity contribution in [1.29, 1.82) is 0 Å². The number of rotatable bonds is 5. The molecule has 128 valence electrons. The van der Waals surface area contributed by atoms with Gasteiger partial charge >= 0.3 is 5.97 Å². The summed E-state index contributed by atoms with van der Waals surface area (Å²) in [6, 6.07) is 6.50. The Kier molecular flexibility index (Phi) is 5.90. The number of esters is 1. The summed E-state index contributed by atoms with van der Waals surface area (Å²) in [5.74, 6) is -1.75. The van der Waals surface area contributed by atoms with E-state index < -0.39 is 10.8 Å². The van der Waals surface area contributed by atoms with Crippen molar-refractivity contribution in [3.8, 4) is 22.8 Å². The van der Waals surface area contributed by atoms with E-state index in [2.05, 4.69) is 21.2 Å². The maximum absolute atomic E-state index is 12.0. The minimum Gasteiger partial charge on any atom is -0.502 e. The third kappa shape index (κ3) is 4.10. The summed E-state index contributed by atoms with van der Waals surface area (Å²) in [6.07, 6.45) is 0.547. The van der Waals surface area contributed by atoms with Crippen molar-refractivity contribution in [3.63, 3.8) is 0 Å². The van der Waals surface area contributed by atoms with Crippen molar-refractivity contribution in [2.45, 2.75) is 25.1 Å². The minimum absolute atomic E-state index is 0.0563. The lowest BCUT2D eigenvalue weighted by Crippen LogP contribution is -2.22. The summed E-state index contributed by atoms with van der Waals surface area (Å²) in [6.45, 7) is 3.00. The molecule has 6 nitrogen and oxygen atoms in total. The lowest BCUT2D eigenvalue weighted by molar-refractivity contribution is -0.132. The number of carbonyl (C=O) groups excluding carboxylic acids is 2. The van der Waals surface area contributed by atoms with Crippen LogP contribution in [0.2, 0.25) is 5.02 Å². The number of hydrogen-bond donors (Lipinski definition) is 2. The molecule has 2 rings (SSSR count). The highest BCUT2D eigenvalue weighted by Gasteiger charge is 2.26. The van der Waals surface area contributed by atoms with Gasteiger partial charge in [0.25, 0.3) is 0 Å². The standard InChI is InChI=1S/C16H15BrClNO5/c1-3-11(17)15(22)19-16-14(23-8(2)20)12(21)13(24-16)9-4-6-10(18)7-5-9/h4-7,11,21H,3H2,1-2H3,(H,19,22). The van der Waals surface area contributed by atoms with Crippen LogP contribution < -0.4 is 10.1 Å². The summed E-state index contributed by atoms with van der Waals surface area (Å²) in [4.78, 5) is 22.8. The summed E-state index contributed by atoms with van der Waals surface area (Å²) in [7, 11) is 0. The highest BCUT2D eigenvalue weighted by atomic mass is 79.9. The van der Waals surface area contributed by atoms with Crippen molar-refractivity contribution >= 4 is 45.3 Å². The molecule has 0 aliphatic heterocycles. The van der Waals surface area contributed by atoms with E-state index in [0.717, 1.165) is 0 Å². The number of hydrogen-bond acceptors (Lipinski definition) is 5. The Morgan fingerprint density at radius 1 is 1.38 bits per heavy atom. The van der Waals surface area contributed by atoms with Gasteiger partial charge in [-0.05, 0) is 30.7 Å². The summed E-state index contributed by atoms with van der Waals surface area (Å²) < 4.78 is 10.5. The smallest absolute Gasteiger partial charge is 0.308 e. The van der Waals surface area contributed by atoms with E-state index in [1.165, 1.54) is 6.92 Å². The van der Waals surface area contributed by atoms with Gasteiger partial charge < -0.3 is 14.3 Å². The topological polar surface area (TPSA) is 88.8 Å². The molecule has 2 aromatic rings. The molecular weight excluding hydrogens is 402 g/mol. The number of nitrogens with one attached hydrogen (secondary N) is 1. The van der Waals surface area contributed by atoms with Gasteiger partial charge in [0.1, 0.15) is 0 Å². The lowest BCUT2D eigenvalue weighted by atomic mass is 10.1. The average Bonchev–Trinajstić information content (AvgIpc) is 2.83. The van der Waals surface area contributed by atoms with Gasteiger partial charge in [-0.15, -0.1) is 0 Å². The normalized spacial score (nSPS) is 11.8. The van der Waals surface area contributed by atoms with Crippen LogP contribution >= 0.6 is 27.5 Å². The van der Waals surface area contributed by atoms with Gasteiger partial charge in [-0.3, -0.25) is 14.9 Å². The molecule has 0 saturated heterocycles. The van der Waals surface area contributed by atoms with Crippen LogP contribution in [0.25, 0.3) is 11.3 Å². The summed E-state index contributed by atoms with van der Waals surface area (Å²) in [5, 5.41) is 13.3. The summed E-state index contributed by atoms with van der Waals surface area (Å²) in [5.41, 5.74) is 0.511. The Morgan fingerprint density at radius 2 is 2.00 bits per heavy atom. The maximum atomic E-state index is 12.0. The molecule has 1 atom stereocenters. The lowest BCUT2D eigenvalue weighted by Gasteiger charge is -2.07. The second-order valence-electron chi connectivity index (χ2n) is 4.90. The first-order valence-corrected chi connectivity index (χ1v) is 8.37. The zero-order chi connectivity index (χ0) is 17.9. The van der Waals surface area contributed by atoms with Crippen LogP contribution in [0.3, 0.4) is 0 Å². The number of aromatic hydroxyl groups is 1. The molecule has 0 bridgehead atoms. The van der Waals surface area contributed by atoms with E-state index in [0.29, 0.717) is 17.0 Å². The third-order valence-electron chi connectivity index (χ3n) is 3.07. The first-order chi connectivity index (χ1) is 11.3. The maximum Gasteiger partial charge on any atom is 0.308 e. The average molecular weight is 417 g/mol. The SMILES string of the molecule is CCC(Br)C(=O)Nc1oc(-c2ccc(Cl)cc2)c(O)c1OC(C)=O. The van der Waals surface area contributed by atoms with Gasteiger partial charge in [-0.1, -0.05) is 34.5 Å². The van der Waals surface area contributed by atoms with E-state index >= 15 is 0 Å². The molecular formula is C16H15BrClNO5. The number of carbonyl (C=O) groups is 2. The zero-order valence-corrected chi connectivity index (χ0v) is 15.3. The number of amides is 1. The van der Waals surface area contributed by atoms with Crippen molar-refractivity contribution in [3.05, 3.63) is 29.3 Å². The van der Waals surface area contributed by atoms with Crippen molar-refractivity contribution in [2.75, 3.05) is 5.32 Å². The quantitative estimate of drug-likeness (QED) is 0.559. The molecule has 1 unspecified atom stereocenters. The van der Waals surface area contributed by atoms with E-state index in [1.54, 1.807) is 24.3 Å². The predicted molar refractivity (Wildman–Crippen MR) is 93.8 cm³/mol. The Morgan fingerprint density at radius 3 is 2.54 bits per heavy atom. The van der Waals surface area contributed by atoms with Gasteiger partial charge in [-0.25, -0.2) is 0 Å². The summed E-state index contributed by atoms with van der Waals surface area (Å²) >= 11 is 9.05. The number of alkyl halides is 1. The van der Waals surface area contributed by atoms with Crippen LogP contribution in [0.1, 0.15) is 20.3 Å². The fraction of sp³-hybridized carbons (Fsp3) is 0.250. The van der Waals surface area contributed by atoms with Gasteiger partial charge in [0, 0.05) is 17.5 Å². The third-order valence-corrected chi connectivity index (χ3v) is 4.39. The van der Waals surface area contributed by atoms with Gasteiger partial charge in [0.15, 0.2) is 5.76 Å². The number of halogens is 2. The first kappa shape index (κ1) is 18.4. The number of benzene rings is 1. The second-order valence-corrected chi connectivity index (χ2v) is 6.45. The molecule has 0 aliphatic carbocycles. The molecule has 1 aromatic carbocycles. The van der Waals surface area contributed by atoms with Crippen LogP contribution in [0.15, 0.2) is 28.7 Å². The fourth-order valence-corrected chi connectivity index (χ4v) is 2.14. The van der Waals surface area contributed by atoms with E-state index in [4.69, 9.17) is 20.8 Å². The molecule has 1 aromatic heterocycles. The minimum atomic E-state index is -0.657. The van der Waals surface area contributed by atoms with Gasteiger partial charge in [0.2, 0.25) is 23.3 Å². The Balaban J connectivity index is 2.45. The molecule has 24 heavy (non-hydrogen) atoms. The number of furan rings is 1. The van der Waals surface area contributed by atoms with Gasteiger partial charge in [-0.2, -0.15) is 0 Å². The molecule has 8 heteroatoms. The predicted octanol–water partition coefficient (Wildman–Crippen LogP) is 4.34. The highest BCUT2D eigenvalue weighted by molar-refractivity contribution is 9.10. The fourth-order valence-electron chi connectivity index (χ4n) is 1.90. The Labute approximate surface area is 151 Å². The zero-order valence-electron chi connectivity index (χ0n) is 12.9. The monoisotopic (exact) mass is 415 g/mol. The van der Waals surface area contributed by atoms with Crippen molar-refractivity contribution in [1.82, 2.24) is 0 Å². The van der Waals surface area contributed by atoms with E-state index in [9.17, 15) is 14.7 Å². The van der Waals surface area contributed by atoms with Crippen LogP contribution in [0.4, 0.5) is 5.88 Å². The molecule has 0 saturated carbocycles. The van der Waals surface area contributed by atoms with Crippen LogP contribution in [-0.4, -0.2) is 21.8 Å². The Hall–Kier alpha value is -1.99. The molecule has 0 radical (unpaired) electrons. The largest absolute Gasteiger partial charge is 0.502 e. The van der Waals surface area contributed by atoms with Crippen molar-refractivity contribution < 1.29 is 23.8 Å². The molecule has 2 N–H and O–H groups in total. The van der Waals surface area contributed by atoms with Crippen LogP contribution in [0.5, 0.6) is 11.5 Å². The number of ether oxygens (including phenoxy) is 1. The molecule has 1 amide bonds. The van der Waals surface area contributed by atoms with E-state index in [1.807, 2.05) is 6.92 Å². The number of anilines is 1. The van der Waals surface area contributed by atoms with Crippen molar-refractivity contribution in [2.24, 2.45) is 0 Å². The molecule has 0 spiro atoms. The molecule has 1 heterocycles. The highest BCUT2D eigenvalue weighted by Crippen LogP contribution is 2.46. The molecule has 0 aliphatic rings. The Bertz CT molecular complexity index is 757. The van der Waals surface area contributed by atoms with Crippen LogP contribution in [0, 0.1) is 0 Å². The second kappa shape index (κ2) is 7.72.